The Labute approximate surface area is 128 Å². The molecule has 0 aliphatic carbocycles. The van der Waals surface area contributed by atoms with Crippen LogP contribution in [0, 0.1) is 13.8 Å². The van der Waals surface area contributed by atoms with Crippen LogP contribution in [0.4, 0.5) is 0 Å². The van der Waals surface area contributed by atoms with E-state index in [9.17, 15) is 4.79 Å². The average molecular weight is 311 g/mol. The van der Waals surface area contributed by atoms with Gasteiger partial charge in [-0.2, -0.15) is 5.10 Å². The smallest absolute Gasteiger partial charge is 0.164 e. The number of hydrogen-bond acceptors (Lipinski definition) is 2. The van der Waals surface area contributed by atoms with Crippen LogP contribution in [0.1, 0.15) is 33.7 Å². The van der Waals surface area contributed by atoms with Crippen molar-refractivity contribution in [1.29, 1.82) is 0 Å². The number of halogens is 2. The second-order valence-electron chi connectivity index (χ2n) is 4.82. The van der Waals surface area contributed by atoms with Gasteiger partial charge in [-0.25, -0.2) is 0 Å². The van der Waals surface area contributed by atoms with Crippen molar-refractivity contribution in [1.82, 2.24) is 9.78 Å². The predicted molar refractivity (Wildman–Crippen MR) is 81.8 cm³/mol. The summed E-state index contributed by atoms with van der Waals surface area (Å²) in [6.07, 6.45) is 1.06. The number of carbonyl (C=O) groups is 1. The van der Waals surface area contributed by atoms with E-state index in [-0.39, 0.29) is 5.78 Å². The van der Waals surface area contributed by atoms with E-state index in [4.69, 9.17) is 23.2 Å². The molecule has 3 nitrogen and oxygen atoms in total. The first-order chi connectivity index (χ1) is 9.40. The molecule has 0 fully saturated rings. The highest BCUT2D eigenvalue weighted by atomic mass is 35.5. The minimum Gasteiger partial charge on any atom is -0.294 e. The Morgan fingerprint density at radius 2 is 2.00 bits per heavy atom. The number of nitrogens with zero attached hydrogens (tertiary/aromatic N) is 2. The maximum atomic E-state index is 12.3. The molecule has 2 aromatic rings. The van der Waals surface area contributed by atoms with Gasteiger partial charge in [0.15, 0.2) is 5.78 Å². The zero-order chi connectivity index (χ0) is 14.9. The van der Waals surface area contributed by atoms with E-state index >= 15 is 0 Å². The third kappa shape index (κ3) is 3.05. The lowest BCUT2D eigenvalue weighted by Crippen LogP contribution is -2.03. The topological polar surface area (TPSA) is 34.9 Å². The van der Waals surface area contributed by atoms with Crippen LogP contribution in [-0.4, -0.2) is 15.6 Å². The summed E-state index contributed by atoms with van der Waals surface area (Å²) < 4.78 is 1.83. The van der Waals surface area contributed by atoms with Crippen LogP contribution in [0.15, 0.2) is 18.2 Å². The van der Waals surface area contributed by atoms with Crippen molar-refractivity contribution in [2.24, 2.45) is 7.05 Å². The van der Waals surface area contributed by atoms with Crippen molar-refractivity contribution in [3.8, 4) is 0 Å². The van der Waals surface area contributed by atoms with Crippen LogP contribution in [-0.2, 0) is 13.5 Å². The Bertz CT molecular complexity index is 662. The van der Waals surface area contributed by atoms with Gasteiger partial charge in [0.2, 0.25) is 0 Å². The molecule has 2 rings (SSSR count). The third-order valence-electron chi connectivity index (χ3n) is 3.49. The lowest BCUT2D eigenvalue weighted by Gasteiger charge is -2.05. The van der Waals surface area contributed by atoms with Gasteiger partial charge in [0.25, 0.3) is 0 Å². The number of ketones is 1. The monoisotopic (exact) mass is 310 g/mol. The molecule has 20 heavy (non-hydrogen) atoms. The SMILES string of the molecule is Cc1nn(C)c(C)c1CCC(=O)c1cc(Cl)ccc1Cl. The van der Waals surface area contributed by atoms with E-state index in [2.05, 4.69) is 5.10 Å². The number of aryl methyl sites for hydroxylation is 2. The zero-order valence-corrected chi connectivity index (χ0v) is 13.2. The fourth-order valence-electron chi connectivity index (χ4n) is 2.26. The number of hydrogen-bond donors (Lipinski definition) is 0. The largest absolute Gasteiger partial charge is 0.294 e. The van der Waals surface area contributed by atoms with E-state index in [1.54, 1.807) is 18.2 Å². The normalized spacial score (nSPS) is 10.8. The minimum absolute atomic E-state index is 0.000142. The molecule has 0 radical (unpaired) electrons. The minimum atomic E-state index is 0.000142. The first-order valence-corrected chi connectivity index (χ1v) is 7.13. The molecule has 0 N–H and O–H groups in total. The molecule has 1 aromatic heterocycles. The lowest BCUT2D eigenvalue weighted by molar-refractivity contribution is 0.0983. The van der Waals surface area contributed by atoms with Crippen LogP contribution in [0.2, 0.25) is 10.0 Å². The highest BCUT2D eigenvalue weighted by Gasteiger charge is 2.14. The summed E-state index contributed by atoms with van der Waals surface area (Å²) in [6.45, 7) is 3.96. The summed E-state index contributed by atoms with van der Waals surface area (Å²) in [6, 6.07) is 4.95. The molecule has 106 valence electrons. The molecule has 0 saturated heterocycles. The quantitative estimate of drug-likeness (QED) is 0.795. The van der Waals surface area contributed by atoms with Gasteiger partial charge in [-0.05, 0) is 44.0 Å². The maximum absolute atomic E-state index is 12.3. The number of aromatic nitrogens is 2. The molecule has 0 aliphatic rings. The maximum Gasteiger partial charge on any atom is 0.164 e. The van der Waals surface area contributed by atoms with Crippen molar-refractivity contribution in [3.05, 3.63) is 50.8 Å². The molecule has 0 saturated carbocycles. The van der Waals surface area contributed by atoms with Gasteiger partial charge < -0.3 is 0 Å². The summed E-state index contributed by atoms with van der Waals surface area (Å²) in [7, 11) is 1.90. The first-order valence-electron chi connectivity index (χ1n) is 6.37. The molecule has 1 heterocycles. The number of carbonyl (C=O) groups excluding carboxylic acids is 1. The number of rotatable bonds is 4. The van der Waals surface area contributed by atoms with Crippen molar-refractivity contribution in [2.45, 2.75) is 26.7 Å². The average Bonchev–Trinajstić information content (AvgIpc) is 2.64. The Hall–Kier alpha value is -1.32. The molecule has 0 aliphatic heterocycles. The predicted octanol–water partition coefficient (Wildman–Crippen LogP) is 4.16. The van der Waals surface area contributed by atoms with Crippen LogP contribution in [0.5, 0.6) is 0 Å². The van der Waals surface area contributed by atoms with Gasteiger partial charge >= 0.3 is 0 Å². The Kier molecular flexibility index (Phi) is 4.51. The van der Waals surface area contributed by atoms with E-state index in [0.29, 0.717) is 28.5 Å². The summed E-state index contributed by atoms with van der Waals surface area (Å²) >= 11 is 12.0. The molecule has 0 atom stereocenters. The van der Waals surface area contributed by atoms with Gasteiger partial charge in [0.05, 0.1) is 10.7 Å². The van der Waals surface area contributed by atoms with E-state index in [1.807, 2.05) is 25.6 Å². The highest BCUT2D eigenvalue weighted by Crippen LogP contribution is 2.23. The number of benzene rings is 1. The summed E-state index contributed by atoms with van der Waals surface area (Å²) in [5.41, 5.74) is 3.67. The Balaban J connectivity index is 2.15. The van der Waals surface area contributed by atoms with Crippen LogP contribution >= 0.6 is 23.2 Å². The van der Waals surface area contributed by atoms with Crippen LogP contribution in [0.3, 0.4) is 0 Å². The molecule has 0 spiro atoms. The van der Waals surface area contributed by atoms with E-state index in [0.717, 1.165) is 17.0 Å². The zero-order valence-electron chi connectivity index (χ0n) is 11.7. The second-order valence-corrected chi connectivity index (χ2v) is 5.66. The Morgan fingerprint density at radius 3 is 2.60 bits per heavy atom. The molecular weight excluding hydrogens is 295 g/mol. The summed E-state index contributed by atoms with van der Waals surface area (Å²) in [5, 5.41) is 5.31. The Morgan fingerprint density at radius 1 is 1.30 bits per heavy atom. The first kappa shape index (κ1) is 15.1. The fraction of sp³-hybridized carbons (Fsp3) is 0.333. The van der Waals surface area contributed by atoms with Gasteiger partial charge in [-0.15, -0.1) is 0 Å². The van der Waals surface area contributed by atoms with Gasteiger partial charge in [0, 0.05) is 29.7 Å². The fourth-order valence-corrected chi connectivity index (χ4v) is 2.66. The van der Waals surface area contributed by atoms with Gasteiger partial charge in [0.1, 0.15) is 0 Å². The van der Waals surface area contributed by atoms with Crippen LogP contribution in [0.25, 0.3) is 0 Å². The standard InChI is InChI=1S/C15H16Cl2N2O/c1-9-12(10(2)19(3)18-9)5-7-15(20)13-8-11(16)4-6-14(13)17/h4,6,8H,5,7H2,1-3H3. The van der Waals surface area contributed by atoms with Crippen molar-refractivity contribution in [2.75, 3.05) is 0 Å². The van der Waals surface area contributed by atoms with Crippen molar-refractivity contribution < 1.29 is 4.79 Å². The summed E-state index contributed by atoms with van der Waals surface area (Å²) in [4.78, 5) is 12.3. The third-order valence-corrected chi connectivity index (χ3v) is 4.05. The molecule has 0 bridgehead atoms. The van der Waals surface area contributed by atoms with Crippen molar-refractivity contribution >= 4 is 29.0 Å². The van der Waals surface area contributed by atoms with E-state index in [1.165, 1.54) is 0 Å². The van der Waals surface area contributed by atoms with Gasteiger partial charge in [-0.3, -0.25) is 9.48 Å². The van der Waals surface area contributed by atoms with Gasteiger partial charge in [-0.1, -0.05) is 23.2 Å². The van der Waals surface area contributed by atoms with Crippen molar-refractivity contribution in [3.63, 3.8) is 0 Å². The highest BCUT2D eigenvalue weighted by molar-refractivity contribution is 6.35. The molecule has 0 amide bonds. The summed E-state index contributed by atoms with van der Waals surface area (Å²) in [5.74, 6) is 0.000142. The second kappa shape index (κ2) is 5.98. The van der Waals surface area contributed by atoms with Crippen LogP contribution < -0.4 is 0 Å². The lowest BCUT2D eigenvalue weighted by atomic mass is 10.0. The molecular formula is C15H16Cl2N2O. The van der Waals surface area contributed by atoms with E-state index < -0.39 is 0 Å². The number of Topliss-reactive ketones (excluding diaryl/α,β-unsaturated/α-hetero) is 1. The molecule has 0 unspecified atom stereocenters. The molecule has 5 heteroatoms. The molecule has 1 aromatic carbocycles.